The molecule has 0 unspecified atom stereocenters. The Kier molecular flexibility index (Phi) is 4.52. The summed E-state index contributed by atoms with van der Waals surface area (Å²) in [7, 11) is 0. The standard InChI is InChI=1S/C14H17N5OS/c20-13(9-19-5-1-2-6-19)17-7-11-10-21-14(18-11)12-8-15-3-4-16-12/h3-4,8,10H,1-2,5-7,9H2,(H,17,20). The fourth-order valence-corrected chi connectivity index (χ4v) is 3.08. The minimum Gasteiger partial charge on any atom is -0.349 e. The van der Waals surface area contributed by atoms with Crippen LogP contribution in [0.15, 0.2) is 24.0 Å². The number of hydrogen-bond acceptors (Lipinski definition) is 6. The average molecular weight is 303 g/mol. The largest absolute Gasteiger partial charge is 0.349 e. The van der Waals surface area contributed by atoms with Gasteiger partial charge in [0.25, 0.3) is 0 Å². The fourth-order valence-electron chi connectivity index (χ4n) is 2.30. The van der Waals surface area contributed by atoms with Crippen molar-refractivity contribution in [1.82, 2.24) is 25.2 Å². The molecule has 0 radical (unpaired) electrons. The van der Waals surface area contributed by atoms with Gasteiger partial charge in [0.05, 0.1) is 25.0 Å². The molecule has 21 heavy (non-hydrogen) atoms. The lowest BCUT2D eigenvalue weighted by Gasteiger charge is -2.13. The van der Waals surface area contributed by atoms with Gasteiger partial charge in [-0.2, -0.15) is 0 Å². The smallest absolute Gasteiger partial charge is 0.234 e. The zero-order valence-electron chi connectivity index (χ0n) is 11.7. The van der Waals surface area contributed by atoms with Gasteiger partial charge in [-0.25, -0.2) is 4.98 Å². The molecule has 0 aliphatic carbocycles. The third-order valence-electron chi connectivity index (χ3n) is 3.37. The van der Waals surface area contributed by atoms with E-state index in [0.29, 0.717) is 13.1 Å². The van der Waals surface area contributed by atoms with E-state index in [1.807, 2.05) is 5.38 Å². The highest BCUT2D eigenvalue weighted by atomic mass is 32.1. The summed E-state index contributed by atoms with van der Waals surface area (Å²) in [5.41, 5.74) is 1.62. The van der Waals surface area contributed by atoms with Crippen molar-refractivity contribution in [3.8, 4) is 10.7 Å². The second kappa shape index (κ2) is 6.73. The van der Waals surface area contributed by atoms with Crippen molar-refractivity contribution < 1.29 is 4.79 Å². The summed E-state index contributed by atoms with van der Waals surface area (Å²) in [6.07, 6.45) is 7.36. The first kappa shape index (κ1) is 14.1. The first-order valence-corrected chi connectivity index (χ1v) is 7.89. The van der Waals surface area contributed by atoms with E-state index in [1.54, 1.807) is 18.6 Å². The topological polar surface area (TPSA) is 71.0 Å². The SMILES string of the molecule is O=C(CN1CCCC1)NCc1csc(-c2cnccn2)n1. The van der Waals surface area contributed by atoms with Crippen LogP contribution in [0.5, 0.6) is 0 Å². The Morgan fingerprint density at radius 1 is 1.33 bits per heavy atom. The number of aromatic nitrogens is 3. The van der Waals surface area contributed by atoms with Gasteiger partial charge in [0.1, 0.15) is 10.7 Å². The molecule has 1 saturated heterocycles. The summed E-state index contributed by atoms with van der Waals surface area (Å²) in [5.74, 6) is 0.0611. The highest BCUT2D eigenvalue weighted by Gasteiger charge is 2.15. The van der Waals surface area contributed by atoms with Crippen molar-refractivity contribution in [2.75, 3.05) is 19.6 Å². The minimum atomic E-state index is 0.0611. The molecule has 2 aromatic rings. The predicted octanol–water partition coefficient (Wildman–Crippen LogP) is 1.31. The van der Waals surface area contributed by atoms with Crippen molar-refractivity contribution in [3.63, 3.8) is 0 Å². The van der Waals surface area contributed by atoms with Crippen molar-refractivity contribution in [3.05, 3.63) is 29.7 Å². The predicted molar refractivity (Wildman–Crippen MR) is 80.7 cm³/mol. The summed E-state index contributed by atoms with van der Waals surface area (Å²) in [4.78, 5) is 26.8. The van der Waals surface area contributed by atoms with E-state index < -0.39 is 0 Å². The lowest BCUT2D eigenvalue weighted by molar-refractivity contribution is -0.122. The minimum absolute atomic E-state index is 0.0611. The monoisotopic (exact) mass is 303 g/mol. The Labute approximate surface area is 127 Å². The van der Waals surface area contributed by atoms with Crippen LogP contribution in [0.3, 0.4) is 0 Å². The lowest BCUT2D eigenvalue weighted by Crippen LogP contribution is -2.35. The van der Waals surface area contributed by atoms with Crippen LogP contribution in [0.1, 0.15) is 18.5 Å². The van der Waals surface area contributed by atoms with Crippen molar-refractivity contribution in [2.45, 2.75) is 19.4 Å². The van der Waals surface area contributed by atoms with E-state index in [4.69, 9.17) is 0 Å². The molecule has 0 atom stereocenters. The summed E-state index contributed by atoms with van der Waals surface area (Å²) in [6, 6.07) is 0. The van der Waals surface area contributed by atoms with Crippen molar-refractivity contribution in [1.29, 1.82) is 0 Å². The number of nitrogens with zero attached hydrogens (tertiary/aromatic N) is 4. The highest BCUT2D eigenvalue weighted by Crippen LogP contribution is 2.20. The summed E-state index contributed by atoms with van der Waals surface area (Å²) in [5, 5.41) is 5.69. The van der Waals surface area contributed by atoms with Gasteiger partial charge in [-0.1, -0.05) is 0 Å². The molecular weight excluding hydrogens is 286 g/mol. The Morgan fingerprint density at radius 2 is 2.19 bits per heavy atom. The Balaban J connectivity index is 1.51. The normalized spacial score (nSPS) is 15.2. The molecule has 1 N–H and O–H groups in total. The van der Waals surface area contributed by atoms with E-state index in [-0.39, 0.29) is 5.91 Å². The molecule has 3 rings (SSSR count). The number of carbonyl (C=O) groups is 1. The van der Waals surface area contributed by atoms with Gasteiger partial charge in [-0.15, -0.1) is 11.3 Å². The van der Waals surface area contributed by atoms with E-state index in [2.05, 4.69) is 25.2 Å². The van der Waals surface area contributed by atoms with Crippen LogP contribution < -0.4 is 5.32 Å². The molecule has 1 aliphatic heterocycles. The first-order chi connectivity index (χ1) is 10.3. The Hall–Kier alpha value is -1.86. The maximum absolute atomic E-state index is 11.8. The van der Waals surface area contributed by atoms with Crippen LogP contribution in [-0.4, -0.2) is 45.4 Å². The fraction of sp³-hybridized carbons (Fsp3) is 0.429. The summed E-state index contributed by atoms with van der Waals surface area (Å²) < 4.78 is 0. The molecular formula is C14H17N5OS. The third kappa shape index (κ3) is 3.83. The molecule has 110 valence electrons. The molecule has 7 heteroatoms. The highest BCUT2D eigenvalue weighted by molar-refractivity contribution is 7.13. The zero-order chi connectivity index (χ0) is 14.5. The van der Waals surface area contributed by atoms with Gasteiger partial charge in [0.2, 0.25) is 5.91 Å². The van der Waals surface area contributed by atoms with Crippen LogP contribution in [0.2, 0.25) is 0 Å². The van der Waals surface area contributed by atoms with Crippen molar-refractivity contribution in [2.24, 2.45) is 0 Å². The van der Waals surface area contributed by atoms with Crippen LogP contribution in [0, 0.1) is 0 Å². The molecule has 1 amide bonds. The lowest BCUT2D eigenvalue weighted by atomic mass is 10.4. The number of amides is 1. The number of thiazole rings is 1. The molecule has 2 aromatic heterocycles. The molecule has 3 heterocycles. The molecule has 0 aromatic carbocycles. The molecule has 6 nitrogen and oxygen atoms in total. The van der Waals surface area contributed by atoms with Gasteiger partial charge in [-0.3, -0.25) is 19.7 Å². The summed E-state index contributed by atoms with van der Waals surface area (Å²) in [6.45, 7) is 3.01. The molecule has 0 bridgehead atoms. The van der Waals surface area contributed by atoms with E-state index >= 15 is 0 Å². The third-order valence-corrected chi connectivity index (χ3v) is 4.28. The number of likely N-dealkylation sites (tertiary alicyclic amines) is 1. The second-order valence-corrected chi connectivity index (χ2v) is 5.85. The average Bonchev–Trinajstić information content (AvgIpc) is 3.17. The van der Waals surface area contributed by atoms with Crippen molar-refractivity contribution >= 4 is 17.2 Å². The Bertz CT molecular complexity index is 594. The van der Waals surface area contributed by atoms with E-state index in [1.165, 1.54) is 24.2 Å². The van der Waals surface area contributed by atoms with E-state index in [0.717, 1.165) is 29.5 Å². The van der Waals surface area contributed by atoms with Gasteiger partial charge < -0.3 is 5.32 Å². The number of nitrogens with one attached hydrogen (secondary N) is 1. The van der Waals surface area contributed by atoms with Gasteiger partial charge in [0.15, 0.2) is 0 Å². The zero-order valence-corrected chi connectivity index (χ0v) is 12.5. The molecule has 1 fully saturated rings. The maximum atomic E-state index is 11.8. The van der Waals surface area contributed by atoms with Crippen LogP contribution in [0.4, 0.5) is 0 Å². The molecule has 0 spiro atoms. The van der Waals surface area contributed by atoms with Gasteiger partial charge in [0, 0.05) is 17.8 Å². The first-order valence-electron chi connectivity index (χ1n) is 7.01. The van der Waals surface area contributed by atoms with Gasteiger partial charge in [-0.05, 0) is 25.9 Å². The second-order valence-electron chi connectivity index (χ2n) is 4.99. The molecule has 0 saturated carbocycles. The van der Waals surface area contributed by atoms with Crippen LogP contribution >= 0.6 is 11.3 Å². The summed E-state index contributed by atoms with van der Waals surface area (Å²) >= 11 is 1.51. The van der Waals surface area contributed by atoms with Crippen LogP contribution in [0.25, 0.3) is 10.7 Å². The maximum Gasteiger partial charge on any atom is 0.234 e. The van der Waals surface area contributed by atoms with Gasteiger partial charge >= 0.3 is 0 Å². The number of hydrogen-bond donors (Lipinski definition) is 1. The quantitative estimate of drug-likeness (QED) is 0.902. The number of carbonyl (C=O) groups excluding carboxylic acids is 1. The number of rotatable bonds is 5. The Morgan fingerprint density at radius 3 is 2.95 bits per heavy atom. The van der Waals surface area contributed by atoms with Crippen LogP contribution in [-0.2, 0) is 11.3 Å². The molecule has 1 aliphatic rings. The van der Waals surface area contributed by atoms with E-state index in [9.17, 15) is 4.79 Å².